The van der Waals surface area contributed by atoms with E-state index in [0.717, 1.165) is 23.8 Å². The standard InChI is InChI=1S/C14H10Br2INO/c1-8-4-9(15)6-11(5-8)18-14(19)12-7-10(17)2-3-13(12)16/h2-7H,1H3,(H,18,19). The van der Waals surface area contributed by atoms with Crippen LogP contribution in [0, 0.1) is 10.5 Å². The van der Waals surface area contributed by atoms with Crippen LogP contribution in [0.5, 0.6) is 0 Å². The predicted molar refractivity (Wildman–Crippen MR) is 93.7 cm³/mol. The van der Waals surface area contributed by atoms with Crippen molar-refractivity contribution in [3.8, 4) is 0 Å². The van der Waals surface area contributed by atoms with Gasteiger partial charge in [0.25, 0.3) is 5.91 Å². The summed E-state index contributed by atoms with van der Waals surface area (Å²) in [6.45, 7) is 1.99. The van der Waals surface area contributed by atoms with Gasteiger partial charge in [0, 0.05) is 18.2 Å². The lowest BCUT2D eigenvalue weighted by Gasteiger charge is -2.09. The van der Waals surface area contributed by atoms with Crippen LogP contribution in [-0.4, -0.2) is 5.91 Å². The average molecular weight is 495 g/mol. The summed E-state index contributed by atoms with van der Waals surface area (Å²) in [6, 6.07) is 11.5. The van der Waals surface area contributed by atoms with Gasteiger partial charge in [0.2, 0.25) is 0 Å². The molecule has 0 bridgehead atoms. The summed E-state index contributed by atoms with van der Waals surface area (Å²) in [4.78, 5) is 12.2. The van der Waals surface area contributed by atoms with Gasteiger partial charge >= 0.3 is 0 Å². The van der Waals surface area contributed by atoms with E-state index in [4.69, 9.17) is 0 Å². The molecule has 0 saturated carbocycles. The molecular weight excluding hydrogens is 485 g/mol. The lowest BCUT2D eigenvalue weighted by atomic mass is 10.2. The van der Waals surface area contributed by atoms with Gasteiger partial charge in [-0.2, -0.15) is 0 Å². The zero-order valence-electron chi connectivity index (χ0n) is 10.0. The molecule has 2 aromatic carbocycles. The molecule has 0 unspecified atom stereocenters. The van der Waals surface area contributed by atoms with Gasteiger partial charge in [-0.15, -0.1) is 0 Å². The number of halogens is 3. The summed E-state index contributed by atoms with van der Waals surface area (Å²) >= 11 is 9.01. The van der Waals surface area contributed by atoms with E-state index in [0.29, 0.717) is 5.56 Å². The van der Waals surface area contributed by atoms with Crippen molar-refractivity contribution in [2.24, 2.45) is 0 Å². The second kappa shape index (κ2) is 6.37. The summed E-state index contributed by atoms with van der Waals surface area (Å²) in [5, 5.41) is 2.91. The molecule has 0 spiro atoms. The third-order valence-electron chi connectivity index (χ3n) is 2.47. The molecule has 0 fully saturated rings. The minimum atomic E-state index is -0.122. The minimum absolute atomic E-state index is 0.122. The number of amides is 1. The molecule has 0 heterocycles. The highest BCUT2D eigenvalue weighted by atomic mass is 127. The van der Waals surface area contributed by atoms with E-state index >= 15 is 0 Å². The largest absolute Gasteiger partial charge is 0.322 e. The molecule has 0 aromatic heterocycles. The third-order valence-corrected chi connectivity index (χ3v) is 4.29. The van der Waals surface area contributed by atoms with E-state index < -0.39 is 0 Å². The maximum Gasteiger partial charge on any atom is 0.256 e. The average Bonchev–Trinajstić information content (AvgIpc) is 2.30. The van der Waals surface area contributed by atoms with Crippen LogP contribution in [0.15, 0.2) is 45.3 Å². The molecule has 0 aliphatic rings. The Morgan fingerprint density at radius 3 is 2.58 bits per heavy atom. The Kier molecular flexibility index (Phi) is 5.03. The van der Waals surface area contributed by atoms with Crippen molar-refractivity contribution in [2.75, 3.05) is 5.32 Å². The molecule has 1 amide bonds. The number of benzene rings is 2. The van der Waals surface area contributed by atoms with Crippen molar-refractivity contribution < 1.29 is 4.79 Å². The fraction of sp³-hybridized carbons (Fsp3) is 0.0714. The number of hydrogen-bond donors (Lipinski definition) is 1. The maximum absolute atomic E-state index is 12.2. The summed E-state index contributed by atoms with van der Waals surface area (Å²) in [5.74, 6) is -0.122. The smallest absolute Gasteiger partial charge is 0.256 e. The van der Waals surface area contributed by atoms with Crippen LogP contribution in [0.4, 0.5) is 5.69 Å². The monoisotopic (exact) mass is 493 g/mol. The van der Waals surface area contributed by atoms with Gasteiger partial charge in [-0.3, -0.25) is 4.79 Å². The van der Waals surface area contributed by atoms with Crippen LogP contribution < -0.4 is 5.32 Å². The van der Waals surface area contributed by atoms with Gasteiger partial charge in [0.05, 0.1) is 5.56 Å². The van der Waals surface area contributed by atoms with Gasteiger partial charge in [0.15, 0.2) is 0 Å². The molecule has 1 N–H and O–H groups in total. The van der Waals surface area contributed by atoms with Crippen molar-refractivity contribution in [3.05, 3.63) is 60.0 Å². The lowest BCUT2D eigenvalue weighted by Crippen LogP contribution is -2.13. The van der Waals surface area contributed by atoms with Crippen molar-refractivity contribution in [1.29, 1.82) is 0 Å². The van der Waals surface area contributed by atoms with Gasteiger partial charge in [-0.25, -0.2) is 0 Å². The van der Waals surface area contributed by atoms with Crippen LogP contribution in [-0.2, 0) is 0 Å². The normalized spacial score (nSPS) is 10.3. The molecule has 0 saturated heterocycles. The predicted octanol–water partition coefficient (Wildman–Crippen LogP) is 5.38. The second-order valence-corrected chi connectivity index (χ2v) is 7.11. The number of carbonyl (C=O) groups is 1. The van der Waals surface area contributed by atoms with Crippen molar-refractivity contribution in [2.45, 2.75) is 6.92 Å². The highest BCUT2D eigenvalue weighted by molar-refractivity contribution is 14.1. The van der Waals surface area contributed by atoms with Crippen LogP contribution in [0.1, 0.15) is 15.9 Å². The third kappa shape index (κ3) is 4.03. The second-order valence-electron chi connectivity index (χ2n) is 4.10. The molecule has 0 aliphatic carbocycles. The Bertz CT molecular complexity index is 623. The molecule has 98 valence electrons. The Labute approximate surface area is 142 Å². The number of anilines is 1. The van der Waals surface area contributed by atoms with Gasteiger partial charge in [0.1, 0.15) is 0 Å². The van der Waals surface area contributed by atoms with E-state index in [-0.39, 0.29) is 5.91 Å². The quantitative estimate of drug-likeness (QED) is 0.558. The summed E-state index contributed by atoms with van der Waals surface area (Å²) < 4.78 is 2.76. The SMILES string of the molecule is Cc1cc(Br)cc(NC(=O)c2cc(I)ccc2Br)c1. The summed E-state index contributed by atoms with van der Waals surface area (Å²) in [5.41, 5.74) is 2.50. The van der Waals surface area contributed by atoms with Crippen LogP contribution in [0.3, 0.4) is 0 Å². The fourth-order valence-corrected chi connectivity index (χ4v) is 3.20. The van der Waals surface area contributed by atoms with Crippen molar-refractivity contribution >= 4 is 66.0 Å². The Morgan fingerprint density at radius 1 is 1.16 bits per heavy atom. The Hall–Kier alpha value is -0.400. The first-order chi connectivity index (χ1) is 8.95. The number of rotatable bonds is 2. The van der Waals surface area contributed by atoms with Crippen LogP contribution in [0.25, 0.3) is 0 Å². The topological polar surface area (TPSA) is 29.1 Å². The Morgan fingerprint density at radius 2 is 1.89 bits per heavy atom. The lowest BCUT2D eigenvalue weighted by molar-refractivity contribution is 0.102. The van der Waals surface area contributed by atoms with Gasteiger partial charge in [-0.1, -0.05) is 15.9 Å². The first kappa shape index (κ1) is 15.0. The van der Waals surface area contributed by atoms with Crippen LogP contribution in [0.2, 0.25) is 0 Å². The number of carbonyl (C=O) groups excluding carboxylic acids is 1. The zero-order valence-corrected chi connectivity index (χ0v) is 15.3. The Balaban J connectivity index is 2.28. The van der Waals surface area contributed by atoms with E-state index in [1.165, 1.54) is 0 Å². The minimum Gasteiger partial charge on any atom is -0.322 e. The van der Waals surface area contributed by atoms with E-state index in [1.807, 2.05) is 43.3 Å². The highest BCUT2D eigenvalue weighted by Crippen LogP contribution is 2.23. The van der Waals surface area contributed by atoms with Gasteiger partial charge in [-0.05, 0) is 87.4 Å². The molecule has 2 rings (SSSR count). The summed E-state index contributed by atoms with van der Waals surface area (Å²) in [7, 11) is 0. The first-order valence-corrected chi connectivity index (χ1v) is 8.16. The van der Waals surface area contributed by atoms with E-state index in [9.17, 15) is 4.79 Å². The maximum atomic E-state index is 12.2. The molecule has 0 aliphatic heterocycles. The molecule has 0 atom stereocenters. The van der Waals surface area contributed by atoms with Crippen molar-refractivity contribution in [1.82, 2.24) is 0 Å². The molecule has 2 aromatic rings. The van der Waals surface area contributed by atoms with Gasteiger partial charge < -0.3 is 5.32 Å². The van der Waals surface area contributed by atoms with Crippen molar-refractivity contribution in [3.63, 3.8) is 0 Å². The fourth-order valence-electron chi connectivity index (χ4n) is 1.68. The first-order valence-electron chi connectivity index (χ1n) is 5.49. The molecule has 5 heteroatoms. The highest BCUT2D eigenvalue weighted by Gasteiger charge is 2.11. The van der Waals surface area contributed by atoms with Crippen LogP contribution >= 0.6 is 54.5 Å². The molecule has 19 heavy (non-hydrogen) atoms. The zero-order chi connectivity index (χ0) is 14.0. The molecule has 2 nitrogen and oxygen atoms in total. The number of nitrogens with one attached hydrogen (secondary N) is 1. The molecular formula is C14H10Br2INO. The number of aryl methyl sites for hydroxylation is 1. The number of hydrogen-bond acceptors (Lipinski definition) is 1. The van der Waals surface area contributed by atoms with E-state index in [1.54, 1.807) is 0 Å². The molecule has 0 radical (unpaired) electrons. The van der Waals surface area contributed by atoms with E-state index in [2.05, 4.69) is 59.8 Å². The summed E-state index contributed by atoms with van der Waals surface area (Å²) in [6.07, 6.45) is 0.